The number of nitrogens with zero attached hydrogens (tertiary/aromatic N) is 3. The second-order valence-electron chi connectivity index (χ2n) is 9.82. The van der Waals surface area contributed by atoms with Crippen molar-refractivity contribution < 1.29 is 23.5 Å². The largest absolute Gasteiger partial charge is 0.454 e. The molecule has 1 saturated heterocycles. The minimum absolute atomic E-state index is 0.0426. The summed E-state index contributed by atoms with van der Waals surface area (Å²) in [6.07, 6.45) is 4.31. The third kappa shape index (κ3) is 4.78. The van der Waals surface area contributed by atoms with Gasteiger partial charge in [-0.05, 0) is 56.2 Å². The molecular weight excluding hydrogens is 545 g/mol. The lowest BCUT2D eigenvalue weighted by atomic mass is 10.1. The predicted molar refractivity (Wildman–Crippen MR) is 156 cm³/mol. The van der Waals surface area contributed by atoms with Crippen LogP contribution in [0.25, 0.3) is 10.2 Å². The number of thiophene rings is 1. The molecule has 2 aliphatic rings. The highest BCUT2D eigenvalue weighted by atomic mass is 32.1. The van der Waals surface area contributed by atoms with Gasteiger partial charge < -0.3 is 20.3 Å². The van der Waals surface area contributed by atoms with Gasteiger partial charge in [-0.2, -0.15) is 0 Å². The fraction of sp³-hybridized carbons (Fsp3) is 0.200. The van der Waals surface area contributed by atoms with Crippen LogP contribution in [0.5, 0.6) is 11.5 Å². The number of para-hydroxylation sites is 1. The molecule has 0 radical (unpaired) electrons. The van der Waals surface area contributed by atoms with Crippen LogP contribution in [-0.4, -0.2) is 46.9 Å². The number of rotatable bonds is 6. The molecule has 0 saturated carbocycles. The molecule has 11 heteroatoms. The van der Waals surface area contributed by atoms with Crippen molar-refractivity contribution in [1.29, 1.82) is 0 Å². The van der Waals surface area contributed by atoms with Gasteiger partial charge in [-0.1, -0.05) is 24.8 Å². The number of anilines is 3. The first-order chi connectivity index (χ1) is 19.9. The van der Waals surface area contributed by atoms with E-state index in [1.165, 1.54) is 28.4 Å². The number of likely N-dealkylation sites (tertiary alicyclic amines) is 1. The van der Waals surface area contributed by atoms with Crippen molar-refractivity contribution in [3.63, 3.8) is 0 Å². The van der Waals surface area contributed by atoms with Gasteiger partial charge in [0, 0.05) is 30.9 Å². The summed E-state index contributed by atoms with van der Waals surface area (Å²) in [5.41, 5.74) is 1.42. The molecular formula is C30H26FN5O4S. The number of piperidine rings is 1. The Labute approximate surface area is 239 Å². The predicted octanol–water partition coefficient (Wildman–Crippen LogP) is 6.13. The number of ether oxygens (including phenoxy) is 1. The van der Waals surface area contributed by atoms with Gasteiger partial charge in [0.2, 0.25) is 5.91 Å². The van der Waals surface area contributed by atoms with Crippen LogP contribution < -0.4 is 20.3 Å². The third-order valence-corrected chi connectivity index (χ3v) is 8.33. The number of urea groups is 1. The molecule has 0 bridgehead atoms. The molecule has 2 aromatic heterocycles. The number of carbonyl (C=O) groups excluding carboxylic acids is 3. The van der Waals surface area contributed by atoms with E-state index in [9.17, 15) is 14.4 Å². The Hall–Kier alpha value is -4.77. The highest BCUT2D eigenvalue weighted by Gasteiger charge is 2.35. The van der Waals surface area contributed by atoms with Crippen molar-refractivity contribution >= 4 is 56.5 Å². The van der Waals surface area contributed by atoms with Gasteiger partial charge in [-0.25, -0.2) is 14.2 Å². The summed E-state index contributed by atoms with van der Waals surface area (Å²) in [6, 6.07) is 12.9. The monoisotopic (exact) mass is 571 g/mol. The Morgan fingerprint density at radius 1 is 1.20 bits per heavy atom. The second kappa shape index (κ2) is 10.7. The van der Waals surface area contributed by atoms with Crippen molar-refractivity contribution in [2.75, 3.05) is 23.3 Å². The Morgan fingerprint density at radius 2 is 2.00 bits per heavy atom. The molecule has 6 rings (SSSR count). The van der Waals surface area contributed by atoms with E-state index in [4.69, 9.17) is 4.74 Å². The highest BCUT2D eigenvalue weighted by molar-refractivity contribution is 7.21. The fourth-order valence-corrected chi connectivity index (χ4v) is 6.27. The van der Waals surface area contributed by atoms with Crippen molar-refractivity contribution in [3.05, 3.63) is 83.6 Å². The standard InChI is InChI=1S/C30H26FN5O4S/c1-3-23(37)35-15-7-8-18(16-35)33-28(38)27-26-24-21(13-14-32-29(24)41-27)36(30(39)34-26)20-11-12-22(25(31)17(20)2)40-19-9-5-4-6-10-19/h3-6,9-14,18H,1,7-8,15-16H2,2H3,(H,33,38)(H,34,39)/t18-/m1/s1. The second-order valence-corrected chi connectivity index (χ2v) is 10.8. The molecule has 0 aliphatic carbocycles. The summed E-state index contributed by atoms with van der Waals surface area (Å²) in [4.78, 5) is 47.3. The molecule has 4 heterocycles. The van der Waals surface area contributed by atoms with E-state index in [1.807, 2.05) is 6.07 Å². The lowest BCUT2D eigenvalue weighted by molar-refractivity contribution is -0.127. The Balaban J connectivity index is 1.32. The van der Waals surface area contributed by atoms with Crippen molar-refractivity contribution in [3.8, 4) is 11.5 Å². The molecule has 4 amide bonds. The number of aromatic nitrogens is 1. The van der Waals surface area contributed by atoms with Crippen LogP contribution >= 0.6 is 11.3 Å². The minimum Gasteiger partial charge on any atom is -0.454 e. The Bertz CT molecular complexity index is 1710. The number of halogens is 1. The van der Waals surface area contributed by atoms with Gasteiger partial charge in [0.05, 0.1) is 22.4 Å². The lowest BCUT2D eigenvalue weighted by Gasteiger charge is -2.32. The number of hydrogen-bond acceptors (Lipinski definition) is 6. The molecule has 1 atom stereocenters. The molecule has 208 valence electrons. The molecule has 9 nitrogen and oxygen atoms in total. The van der Waals surface area contributed by atoms with Crippen LogP contribution in [0, 0.1) is 12.7 Å². The first-order valence-corrected chi connectivity index (χ1v) is 13.9. The maximum Gasteiger partial charge on any atom is 0.331 e. The third-order valence-electron chi connectivity index (χ3n) is 7.23. The molecule has 2 aromatic carbocycles. The van der Waals surface area contributed by atoms with Crippen LogP contribution in [0.2, 0.25) is 0 Å². The number of nitrogens with one attached hydrogen (secondary N) is 2. The van der Waals surface area contributed by atoms with E-state index in [1.54, 1.807) is 54.4 Å². The van der Waals surface area contributed by atoms with Crippen LogP contribution in [0.3, 0.4) is 0 Å². The first-order valence-electron chi connectivity index (χ1n) is 13.1. The molecule has 2 N–H and O–H groups in total. The Morgan fingerprint density at radius 3 is 2.78 bits per heavy atom. The van der Waals surface area contributed by atoms with Gasteiger partial charge in [-0.15, -0.1) is 11.3 Å². The zero-order chi connectivity index (χ0) is 28.7. The number of hydrogen-bond donors (Lipinski definition) is 2. The number of benzene rings is 2. The van der Waals surface area contributed by atoms with Crippen LogP contribution in [0.4, 0.5) is 26.2 Å². The molecule has 2 aliphatic heterocycles. The number of pyridine rings is 1. The SMILES string of the molecule is C=CC(=O)N1CCC[C@@H](NC(=O)c2sc3nccc4c3c2NC(=O)N4c2ccc(Oc3ccccc3)c(F)c2C)C1. The van der Waals surface area contributed by atoms with E-state index < -0.39 is 11.8 Å². The molecule has 0 unspecified atom stereocenters. The molecule has 4 aromatic rings. The van der Waals surface area contributed by atoms with Crippen LogP contribution in [0.1, 0.15) is 28.1 Å². The van der Waals surface area contributed by atoms with Crippen molar-refractivity contribution in [1.82, 2.24) is 15.2 Å². The smallest absolute Gasteiger partial charge is 0.331 e. The zero-order valence-corrected chi connectivity index (χ0v) is 23.0. The highest BCUT2D eigenvalue weighted by Crippen LogP contribution is 2.47. The van der Waals surface area contributed by atoms with Gasteiger partial charge >= 0.3 is 6.03 Å². The van der Waals surface area contributed by atoms with E-state index in [-0.39, 0.29) is 29.2 Å². The number of carbonyl (C=O) groups is 3. The van der Waals surface area contributed by atoms with Crippen molar-refractivity contribution in [2.24, 2.45) is 0 Å². The quantitative estimate of drug-likeness (QED) is 0.271. The molecule has 41 heavy (non-hydrogen) atoms. The summed E-state index contributed by atoms with van der Waals surface area (Å²) in [5, 5.41) is 6.45. The van der Waals surface area contributed by atoms with E-state index in [2.05, 4.69) is 22.2 Å². The normalized spacial score (nSPS) is 16.3. The van der Waals surface area contributed by atoms with E-state index in [0.717, 1.165) is 12.8 Å². The minimum atomic E-state index is -0.586. The van der Waals surface area contributed by atoms with Gasteiger partial charge in [0.15, 0.2) is 11.6 Å². The first kappa shape index (κ1) is 26.5. The summed E-state index contributed by atoms with van der Waals surface area (Å²) >= 11 is 1.17. The average molecular weight is 572 g/mol. The Kier molecular flexibility index (Phi) is 6.88. The molecule has 0 spiro atoms. The van der Waals surface area contributed by atoms with Crippen LogP contribution in [0.15, 0.2) is 67.4 Å². The topological polar surface area (TPSA) is 104 Å². The summed E-state index contributed by atoms with van der Waals surface area (Å²) in [6.45, 7) is 6.13. The van der Waals surface area contributed by atoms with Crippen molar-refractivity contribution in [2.45, 2.75) is 25.8 Å². The fourth-order valence-electron chi connectivity index (χ4n) is 5.25. The average Bonchev–Trinajstić information content (AvgIpc) is 3.36. The lowest BCUT2D eigenvalue weighted by Crippen LogP contribution is -2.49. The van der Waals surface area contributed by atoms with Crippen LogP contribution in [-0.2, 0) is 4.79 Å². The molecule has 1 fully saturated rings. The van der Waals surface area contributed by atoms with Gasteiger partial charge in [-0.3, -0.25) is 14.5 Å². The summed E-state index contributed by atoms with van der Waals surface area (Å²) in [5.74, 6) is -0.580. The summed E-state index contributed by atoms with van der Waals surface area (Å²) < 4.78 is 21.2. The van der Waals surface area contributed by atoms with Gasteiger partial charge in [0.1, 0.15) is 15.5 Å². The van der Waals surface area contributed by atoms with E-state index in [0.29, 0.717) is 51.0 Å². The van der Waals surface area contributed by atoms with E-state index >= 15 is 4.39 Å². The van der Waals surface area contributed by atoms with Gasteiger partial charge in [0.25, 0.3) is 5.91 Å². The number of amides is 4. The summed E-state index contributed by atoms with van der Waals surface area (Å²) in [7, 11) is 0. The zero-order valence-electron chi connectivity index (χ0n) is 22.1. The maximum atomic E-state index is 15.5. The maximum absolute atomic E-state index is 15.5.